The lowest BCUT2D eigenvalue weighted by Crippen LogP contribution is -1.96. The zero-order valence-corrected chi connectivity index (χ0v) is 12.9. The SMILES string of the molecule is CCCc1nc(Cl)cc(Sc2ncccc2Br)n1. The van der Waals surface area contributed by atoms with Crippen molar-refractivity contribution < 1.29 is 0 Å². The quantitative estimate of drug-likeness (QED) is 0.771. The minimum atomic E-state index is 0.475. The largest absolute Gasteiger partial charge is 0.248 e. The Balaban J connectivity index is 2.26. The van der Waals surface area contributed by atoms with E-state index in [1.807, 2.05) is 12.1 Å². The summed E-state index contributed by atoms with van der Waals surface area (Å²) in [5.41, 5.74) is 0. The highest BCUT2D eigenvalue weighted by Crippen LogP contribution is 2.31. The smallest absolute Gasteiger partial charge is 0.133 e. The molecule has 18 heavy (non-hydrogen) atoms. The van der Waals surface area contributed by atoms with Crippen LogP contribution < -0.4 is 0 Å². The van der Waals surface area contributed by atoms with Crippen LogP contribution in [0.4, 0.5) is 0 Å². The van der Waals surface area contributed by atoms with Gasteiger partial charge < -0.3 is 0 Å². The molecule has 2 aromatic rings. The van der Waals surface area contributed by atoms with Crippen molar-refractivity contribution in [3.05, 3.63) is 39.8 Å². The van der Waals surface area contributed by atoms with Gasteiger partial charge in [-0.25, -0.2) is 15.0 Å². The standard InChI is InChI=1S/C12H11BrClN3S/c1-2-4-10-16-9(14)7-11(17-10)18-12-8(13)5-3-6-15-12/h3,5-7H,2,4H2,1H3. The fourth-order valence-electron chi connectivity index (χ4n) is 1.37. The second-order valence-corrected chi connectivity index (χ2v) is 5.84. The average molecular weight is 345 g/mol. The van der Waals surface area contributed by atoms with Crippen molar-refractivity contribution in [3.8, 4) is 0 Å². The molecule has 0 N–H and O–H groups in total. The molecule has 6 heteroatoms. The predicted octanol–water partition coefficient (Wildman–Crippen LogP) is 4.39. The van der Waals surface area contributed by atoms with Crippen LogP contribution in [0.3, 0.4) is 0 Å². The predicted molar refractivity (Wildman–Crippen MR) is 77.1 cm³/mol. The Labute approximate surface area is 124 Å². The van der Waals surface area contributed by atoms with Crippen molar-refractivity contribution in [2.24, 2.45) is 0 Å². The number of pyridine rings is 1. The monoisotopic (exact) mass is 343 g/mol. The molecule has 2 heterocycles. The Morgan fingerprint density at radius 3 is 2.94 bits per heavy atom. The summed E-state index contributed by atoms with van der Waals surface area (Å²) in [6, 6.07) is 5.58. The van der Waals surface area contributed by atoms with Crippen LogP contribution >= 0.6 is 39.3 Å². The maximum Gasteiger partial charge on any atom is 0.133 e. The minimum Gasteiger partial charge on any atom is -0.248 e. The van der Waals surface area contributed by atoms with Gasteiger partial charge in [-0.3, -0.25) is 0 Å². The molecule has 3 nitrogen and oxygen atoms in total. The molecule has 0 aliphatic rings. The Kier molecular flexibility index (Phi) is 4.97. The van der Waals surface area contributed by atoms with Crippen molar-refractivity contribution in [1.29, 1.82) is 0 Å². The van der Waals surface area contributed by atoms with E-state index in [9.17, 15) is 0 Å². The van der Waals surface area contributed by atoms with Gasteiger partial charge in [-0.15, -0.1) is 0 Å². The van der Waals surface area contributed by atoms with Crippen molar-refractivity contribution >= 4 is 39.3 Å². The molecule has 2 aromatic heterocycles. The van der Waals surface area contributed by atoms with E-state index in [4.69, 9.17) is 11.6 Å². The van der Waals surface area contributed by atoms with E-state index in [0.29, 0.717) is 5.15 Å². The fourth-order valence-corrected chi connectivity index (χ4v) is 2.94. The van der Waals surface area contributed by atoms with Crippen LogP contribution in [0, 0.1) is 0 Å². The average Bonchev–Trinajstić information content (AvgIpc) is 2.32. The molecule has 0 fully saturated rings. The molecule has 0 amide bonds. The highest BCUT2D eigenvalue weighted by molar-refractivity contribution is 9.10. The lowest BCUT2D eigenvalue weighted by molar-refractivity contribution is 0.809. The fraction of sp³-hybridized carbons (Fsp3) is 0.250. The van der Waals surface area contributed by atoms with Gasteiger partial charge in [-0.05, 0) is 46.2 Å². The molecule has 0 aliphatic heterocycles. The first-order valence-corrected chi connectivity index (χ1v) is 7.49. The summed E-state index contributed by atoms with van der Waals surface area (Å²) in [6.45, 7) is 2.09. The van der Waals surface area contributed by atoms with E-state index < -0.39 is 0 Å². The topological polar surface area (TPSA) is 38.7 Å². The third kappa shape index (κ3) is 3.67. The first-order chi connectivity index (χ1) is 8.69. The molecular formula is C12H11BrClN3S. The van der Waals surface area contributed by atoms with Crippen LogP contribution in [0.5, 0.6) is 0 Å². The summed E-state index contributed by atoms with van der Waals surface area (Å²) < 4.78 is 0.946. The van der Waals surface area contributed by atoms with Crippen LogP contribution in [0.2, 0.25) is 5.15 Å². The van der Waals surface area contributed by atoms with Crippen LogP contribution in [0.25, 0.3) is 0 Å². The zero-order chi connectivity index (χ0) is 13.0. The lowest BCUT2D eigenvalue weighted by Gasteiger charge is -2.04. The zero-order valence-electron chi connectivity index (χ0n) is 9.73. The third-order valence-electron chi connectivity index (χ3n) is 2.12. The summed E-state index contributed by atoms with van der Waals surface area (Å²) in [5.74, 6) is 0.777. The van der Waals surface area contributed by atoms with Gasteiger partial charge in [-0.2, -0.15) is 0 Å². The molecule has 0 unspecified atom stereocenters. The molecule has 0 atom stereocenters. The van der Waals surface area contributed by atoms with Gasteiger partial charge in [0.05, 0.1) is 4.47 Å². The normalized spacial score (nSPS) is 10.6. The van der Waals surface area contributed by atoms with Gasteiger partial charge in [0, 0.05) is 18.7 Å². The number of aromatic nitrogens is 3. The van der Waals surface area contributed by atoms with E-state index in [1.54, 1.807) is 12.3 Å². The second kappa shape index (κ2) is 6.50. The van der Waals surface area contributed by atoms with E-state index in [0.717, 1.165) is 33.2 Å². The van der Waals surface area contributed by atoms with E-state index in [2.05, 4.69) is 37.8 Å². The Hall–Kier alpha value is -0.650. The van der Waals surface area contributed by atoms with Gasteiger partial charge in [0.2, 0.25) is 0 Å². The Morgan fingerprint density at radius 1 is 1.39 bits per heavy atom. The maximum atomic E-state index is 6.00. The summed E-state index contributed by atoms with van der Waals surface area (Å²) in [6.07, 6.45) is 3.58. The second-order valence-electron chi connectivity index (χ2n) is 3.59. The van der Waals surface area contributed by atoms with Crippen LogP contribution in [0.1, 0.15) is 19.2 Å². The number of hydrogen-bond acceptors (Lipinski definition) is 4. The van der Waals surface area contributed by atoms with Crippen LogP contribution in [-0.4, -0.2) is 15.0 Å². The molecule has 0 saturated heterocycles. The summed E-state index contributed by atoms with van der Waals surface area (Å²) >= 11 is 10.9. The number of rotatable bonds is 4. The molecule has 0 aliphatic carbocycles. The first-order valence-electron chi connectivity index (χ1n) is 5.51. The summed E-state index contributed by atoms with van der Waals surface area (Å²) in [7, 11) is 0. The molecule has 0 spiro atoms. The van der Waals surface area contributed by atoms with Gasteiger partial charge in [0.1, 0.15) is 21.0 Å². The molecule has 0 saturated carbocycles. The molecule has 94 valence electrons. The van der Waals surface area contributed by atoms with E-state index in [-0.39, 0.29) is 0 Å². The van der Waals surface area contributed by atoms with Gasteiger partial charge >= 0.3 is 0 Å². The number of aryl methyl sites for hydroxylation is 1. The summed E-state index contributed by atoms with van der Waals surface area (Å²) in [5, 5.41) is 2.16. The van der Waals surface area contributed by atoms with E-state index >= 15 is 0 Å². The van der Waals surface area contributed by atoms with Crippen LogP contribution in [-0.2, 0) is 6.42 Å². The Bertz CT molecular complexity index is 551. The Morgan fingerprint density at radius 2 is 2.22 bits per heavy atom. The van der Waals surface area contributed by atoms with Crippen LogP contribution in [0.15, 0.2) is 38.9 Å². The lowest BCUT2D eigenvalue weighted by atomic mass is 10.3. The molecule has 0 radical (unpaired) electrons. The number of nitrogens with zero attached hydrogens (tertiary/aromatic N) is 3. The molecule has 0 aromatic carbocycles. The highest BCUT2D eigenvalue weighted by atomic mass is 79.9. The molecule has 2 rings (SSSR count). The van der Waals surface area contributed by atoms with Crippen molar-refractivity contribution in [3.63, 3.8) is 0 Å². The maximum absolute atomic E-state index is 6.00. The molecule has 0 bridgehead atoms. The van der Waals surface area contributed by atoms with Crippen molar-refractivity contribution in [2.75, 3.05) is 0 Å². The summed E-state index contributed by atoms with van der Waals surface area (Å²) in [4.78, 5) is 13.0. The van der Waals surface area contributed by atoms with E-state index in [1.165, 1.54) is 11.8 Å². The van der Waals surface area contributed by atoms with Gasteiger partial charge in [0.25, 0.3) is 0 Å². The van der Waals surface area contributed by atoms with Crippen molar-refractivity contribution in [1.82, 2.24) is 15.0 Å². The number of hydrogen-bond donors (Lipinski definition) is 0. The molecular weight excluding hydrogens is 334 g/mol. The highest BCUT2D eigenvalue weighted by Gasteiger charge is 2.07. The van der Waals surface area contributed by atoms with Gasteiger partial charge in [0.15, 0.2) is 0 Å². The third-order valence-corrected chi connectivity index (χ3v) is 4.15. The minimum absolute atomic E-state index is 0.475. The van der Waals surface area contributed by atoms with Gasteiger partial charge in [-0.1, -0.05) is 18.5 Å². The van der Waals surface area contributed by atoms with Crippen molar-refractivity contribution in [2.45, 2.75) is 29.8 Å². The first kappa shape index (κ1) is 13.8. The number of halogens is 2.